The summed E-state index contributed by atoms with van der Waals surface area (Å²) in [5, 5.41) is 4.09. The molecule has 1 aliphatic rings. The van der Waals surface area contributed by atoms with Crippen LogP contribution in [0.15, 0.2) is 40.9 Å². The molecular weight excluding hydrogens is 402 g/mol. The molecule has 1 atom stereocenters. The summed E-state index contributed by atoms with van der Waals surface area (Å²) in [6.45, 7) is 0.407. The lowest BCUT2D eigenvalue weighted by atomic mass is 10.1. The lowest BCUT2D eigenvalue weighted by Gasteiger charge is -2.19. The van der Waals surface area contributed by atoms with Gasteiger partial charge in [0.05, 0.1) is 40.0 Å². The van der Waals surface area contributed by atoms with Crippen molar-refractivity contribution in [2.75, 3.05) is 39.9 Å². The van der Waals surface area contributed by atoms with Crippen molar-refractivity contribution in [2.24, 2.45) is 0 Å². The van der Waals surface area contributed by atoms with Gasteiger partial charge in [0, 0.05) is 30.7 Å². The minimum atomic E-state index is -0.229. The van der Waals surface area contributed by atoms with Gasteiger partial charge in [0.25, 0.3) is 0 Å². The van der Waals surface area contributed by atoms with Crippen LogP contribution in [0.1, 0.15) is 18.2 Å². The lowest BCUT2D eigenvalue weighted by Crippen LogP contribution is -2.24. The zero-order chi connectivity index (χ0) is 22.0. The van der Waals surface area contributed by atoms with Gasteiger partial charge in [-0.1, -0.05) is 5.16 Å². The summed E-state index contributed by atoms with van der Waals surface area (Å²) < 4.78 is 26.8. The number of benzene rings is 2. The molecule has 0 bridgehead atoms. The van der Waals surface area contributed by atoms with Crippen molar-refractivity contribution >= 4 is 11.6 Å². The Morgan fingerprint density at radius 1 is 0.935 bits per heavy atom. The number of carbonyl (C=O) groups excluding carboxylic acids is 1. The smallest absolute Gasteiger partial charge is 0.232 e. The maximum absolute atomic E-state index is 12.7. The largest absolute Gasteiger partial charge is 0.497 e. The molecule has 1 unspecified atom stereocenters. The Labute approximate surface area is 179 Å². The fraction of sp³-hybridized carbons (Fsp3) is 0.318. The van der Waals surface area contributed by atoms with E-state index >= 15 is 0 Å². The van der Waals surface area contributed by atoms with Crippen molar-refractivity contribution in [1.82, 2.24) is 10.1 Å². The van der Waals surface area contributed by atoms with E-state index in [1.54, 1.807) is 69.7 Å². The summed E-state index contributed by atoms with van der Waals surface area (Å²) in [6.07, 6.45) is 0.262. The van der Waals surface area contributed by atoms with E-state index in [0.717, 1.165) is 0 Å². The summed E-state index contributed by atoms with van der Waals surface area (Å²) in [5.74, 6) is 2.98. The Hall–Kier alpha value is -3.75. The van der Waals surface area contributed by atoms with Gasteiger partial charge in [0.15, 0.2) is 0 Å². The van der Waals surface area contributed by atoms with Crippen LogP contribution in [0.3, 0.4) is 0 Å². The Morgan fingerprint density at radius 2 is 1.65 bits per heavy atom. The SMILES string of the molecule is COc1cc(OC)cc(-c2noc(C3CC(=O)N(c4ccc(OC)cc4OC)C3)n2)c1. The molecule has 9 heteroatoms. The highest BCUT2D eigenvalue weighted by atomic mass is 16.5. The molecule has 0 spiro atoms. The highest BCUT2D eigenvalue weighted by Crippen LogP contribution is 2.38. The Morgan fingerprint density at radius 3 is 2.29 bits per heavy atom. The lowest BCUT2D eigenvalue weighted by molar-refractivity contribution is -0.117. The van der Waals surface area contributed by atoms with E-state index in [2.05, 4.69) is 10.1 Å². The molecule has 1 saturated heterocycles. The third kappa shape index (κ3) is 3.98. The molecule has 9 nitrogen and oxygen atoms in total. The van der Waals surface area contributed by atoms with Crippen molar-refractivity contribution in [3.8, 4) is 34.4 Å². The predicted molar refractivity (Wildman–Crippen MR) is 112 cm³/mol. The van der Waals surface area contributed by atoms with Gasteiger partial charge in [0.2, 0.25) is 17.6 Å². The fourth-order valence-electron chi connectivity index (χ4n) is 3.57. The van der Waals surface area contributed by atoms with Crippen LogP contribution < -0.4 is 23.8 Å². The Balaban J connectivity index is 1.58. The van der Waals surface area contributed by atoms with Crippen LogP contribution in [0.5, 0.6) is 23.0 Å². The van der Waals surface area contributed by atoms with E-state index in [1.165, 1.54) is 0 Å². The Kier molecular flexibility index (Phi) is 5.66. The first-order valence-electron chi connectivity index (χ1n) is 9.65. The maximum Gasteiger partial charge on any atom is 0.232 e. The van der Waals surface area contributed by atoms with Crippen LogP contribution in [0.4, 0.5) is 5.69 Å². The summed E-state index contributed by atoms with van der Waals surface area (Å²) in [6, 6.07) is 10.7. The highest BCUT2D eigenvalue weighted by Gasteiger charge is 2.36. The number of hydrogen-bond acceptors (Lipinski definition) is 8. The number of rotatable bonds is 7. The average Bonchev–Trinajstić information content (AvgIpc) is 3.45. The molecule has 3 aromatic rings. The van der Waals surface area contributed by atoms with E-state index < -0.39 is 0 Å². The van der Waals surface area contributed by atoms with E-state index in [9.17, 15) is 4.79 Å². The number of nitrogens with zero attached hydrogens (tertiary/aromatic N) is 3. The molecule has 0 saturated carbocycles. The molecule has 2 heterocycles. The Bertz CT molecular complexity index is 1070. The van der Waals surface area contributed by atoms with Crippen LogP contribution in [0.2, 0.25) is 0 Å². The first-order valence-corrected chi connectivity index (χ1v) is 9.65. The molecule has 162 valence electrons. The topological polar surface area (TPSA) is 96.2 Å². The zero-order valence-electron chi connectivity index (χ0n) is 17.7. The van der Waals surface area contributed by atoms with E-state index in [-0.39, 0.29) is 18.2 Å². The molecule has 0 radical (unpaired) electrons. The van der Waals surface area contributed by atoms with E-state index in [0.29, 0.717) is 52.5 Å². The second kappa shape index (κ2) is 8.55. The molecular formula is C22H23N3O6. The molecule has 31 heavy (non-hydrogen) atoms. The summed E-state index contributed by atoms with van der Waals surface area (Å²) >= 11 is 0. The van der Waals surface area contributed by atoms with Crippen LogP contribution >= 0.6 is 0 Å². The number of carbonyl (C=O) groups is 1. The second-order valence-corrected chi connectivity index (χ2v) is 7.00. The van der Waals surface area contributed by atoms with Crippen molar-refractivity contribution in [2.45, 2.75) is 12.3 Å². The third-order valence-corrected chi connectivity index (χ3v) is 5.20. The summed E-state index contributed by atoms with van der Waals surface area (Å²) in [5.41, 5.74) is 1.37. The summed E-state index contributed by atoms with van der Waals surface area (Å²) in [7, 11) is 6.29. The molecule has 0 N–H and O–H groups in total. The van der Waals surface area contributed by atoms with Gasteiger partial charge < -0.3 is 28.4 Å². The van der Waals surface area contributed by atoms with Gasteiger partial charge in [-0.2, -0.15) is 4.98 Å². The first kappa shape index (κ1) is 20.5. The number of hydrogen-bond donors (Lipinski definition) is 0. The number of anilines is 1. The van der Waals surface area contributed by atoms with Crippen LogP contribution in [0, 0.1) is 0 Å². The standard InChI is InChI=1S/C22H23N3O6/c1-27-15-5-6-18(19(11-15)30-4)25-12-14(9-20(25)26)22-23-21(24-31-22)13-7-16(28-2)10-17(8-13)29-3/h5-8,10-11,14H,9,12H2,1-4H3. The number of amides is 1. The quantitative estimate of drug-likeness (QED) is 0.569. The number of methoxy groups -OCH3 is 4. The van der Waals surface area contributed by atoms with Gasteiger partial charge in [-0.25, -0.2) is 0 Å². The maximum atomic E-state index is 12.7. The predicted octanol–water partition coefficient (Wildman–Crippen LogP) is 3.29. The van der Waals surface area contributed by atoms with Crippen molar-refractivity contribution in [3.63, 3.8) is 0 Å². The van der Waals surface area contributed by atoms with Crippen molar-refractivity contribution in [1.29, 1.82) is 0 Å². The molecule has 1 amide bonds. The number of ether oxygens (including phenoxy) is 4. The monoisotopic (exact) mass is 425 g/mol. The van der Waals surface area contributed by atoms with E-state index in [1.807, 2.05) is 0 Å². The van der Waals surface area contributed by atoms with Crippen molar-refractivity contribution in [3.05, 3.63) is 42.3 Å². The zero-order valence-corrected chi connectivity index (χ0v) is 17.7. The number of aromatic nitrogens is 2. The highest BCUT2D eigenvalue weighted by molar-refractivity contribution is 5.97. The van der Waals surface area contributed by atoms with Gasteiger partial charge in [0.1, 0.15) is 23.0 Å². The average molecular weight is 425 g/mol. The third-order valence-electron chi connectivity index (χ3n) is 5.20. The second-order valence-electron chi connectivity index (χ2n) is 7.00. The minimum Gasteiger partial charge on any atom is -0.497 e. The first-order chi connectivity index (χ1) is 15.1. The molecule has 1 fully saturated rings. The normalized spacial score (nSPS) is 15.8. The molecule has 4 rings (SSSR count). The van der Waals surface area contributed by atoms with E-state index in [4.69, 9.17) is 23.5 Å². The van der Waals surface area contributed by atoms with Crippen LogP contribution in [-0.4, -0.2) is 51.0 Å². The van der Waals surface area contributed by atoms with Gasteiger partial charge in [-0.05, 0) is 24.3 Å². The van der Waals surface area contributed by atoms with Crippen LogP contribution in [-0.2, 0) is 4.79 Å². The minimum absolute atomic E-state index is 0.0451. The fourth-order valence-corrected chi connectivity index (χ4v) is 3.57. The van der Waals surface area contributed by atoms with Gasteiger partial charge in [-0.15, -0.1) is 0 Å². The molecule has 1 aromatic heterocycles. The molecule has 0 aliphatic carbocycles. The van der Waals surface area contributed by atoms with Crippen molar-refractivity contribution < 1.29 is 28.3 Å². The van der Waals surface area contributed by atoms with Crippen LogP contribution in [0.25, 0.3) is 11.4 Å². The molecule has 2 aromatic carbocycles. The van der Waals surface area contributed by atoms with Gasteiger partial charge >= 0.3 is 0 Å². The molecule has 1 aliphatic heterocycles. The van der Waals surface area contributed by atoms with Gasteiger partial charge in [-0.3, -0.25) is 4.79 Å². The summed E-state index contributed by atoms with van der Waals surface area (Å²) in [4.78, 5) is 18.9.